The molecule has 1 aliphatic heterocycles. The number of hydrogen-bond donors (Lipinski definition) is 1. The Morgan fingerprint density at radius 2 is 1.33 bits per heavy atom. The molecule has 1 fully saturated rings. The van der Waals surface area contributed by atoms with Crippen molar-refractivity contribution < 1.29 is 14.7 Å². The van der Waals surface area contributed by atoms with Crippen LogP contribution in [0.25, 0.3) is 10.8 Å². The molecule has 2 amide bonds. The lowest BCUT2D eigenvalue weighted by Crippen LogP contribution is -2.55. The number of nitrogens with zero attached hydrogens (tertiary/aromatic N) is 1. The standard InChI is InChI=1S/C29H21NO3/c31-16-29-21-13-5-3-11-19(21)24(20-12-4-6-14-22(20)29)25-26(29)28(33)30(27(25)32)23-15-7-9-17-8-1-2-10-18(17)23/h1-15,24-26,31H,16H2/t24?,25-,26-,29?/m1/s1. The number of carbonyl (C=O) groups is 2. The largest absolute Gasteiger partial charge is 0.395 e. The molecule has 0 saturated carbocycles. The summed E-state index contributed by atoms with van der Waals surface area (Å²) in [4.78, 5) is 29.6. The molecule has 1 heterocycles. The van der Waals surface area contributed by atoms with Crippen molar-refractivity contribution in [1.29, 1.82) is 0 Å². The Bertz CT molecular complexity index is 1440. The zero-order valence-corrected chi connectivity index (χ0v) is 17.8. The van der Waals surface area contributed by atoms with E-state index >= 15 is 0 Å². The number of benzene rings is 4. The van der Waals surface area contributed by atoms with Gasteiger partial charge in [0.05, 0.1) is 29.5 Å². The average molecular weight is 431 g/mol. The highest BCUT2D eigenvalue weighted by molar-refractivity contribution is 6.26. The number of aliphatic hydroxyl groups is 1. The van der Waals surface area contributed by atoms with Crippen molar-refractivity contribution >= 4 is 28.3 Å². The molecular formula is C29H21NO3. The maximum Gasteiger partial charge on any atom is 0.239 e. The summed E-state index contributed by atoms with van der Waals surface area (Å²) in [5.41, 5.74) is 3.73. The van der Waals surface area contributed by atoms with Crippen molar-refractivity contribution in [3.8, 4) is 0 Å². The number of hydrogen-bond acceptors (Lipinski definition) is 3. The van der Waals surface area contributed by atoms with Crippen molar-refractivity contribution in [2.45, 2.75) is 11.3 Å². The molecule has 2 atom stereocenters. The van der Waals surface area contributed by atoms with E-state index in [-0.39, 0.29) is 24.3 Å². The van der Waals surface area contributed by atoms with Crippen molar-refractivity contribution in [3.05, 3.63) is 113 Å². The number of imide groups is 1. The molecule has 160 valence electrons. The van der Waals surface area contributed by atoms with Gasteiger partial charge in [0.15, 0.2) is 0 Å². The van der Waals surface area contributed by atoms with Gasteiger partial charge in [-0.2, -0.15) is 0 Å². The Balaban J connectivity index is 1.52. The summed E-state index contributed by atoms with van der Waals surface area (Å²) in [6.45, 7) is -0.225. The van der Waals surface area contributed by atoms with Gasteiger partial charge in [-0.3, -0.25) is 9.59 Å². The number of anilines is 1. The summed E-state index contributed by atoms with van der Waals surface area (Å²) >= 11 is 0. The van der Waals surface area contributed by atoms with Gasteiger partial charge in [-0.05, 0) is 33.7 Å². The van der Waals surface area contributed by atoms with Crippen LogP contribution in [0.3, 0.4) is 0 Å². The number of fused-ring (bicyclic) bond motifs is 1. The second-order valence-electron chi connectivity index (χ2n) is 9.30. The van der Waals surface area contributed by atoms with Crippen LogP contribution in [0.4, 0.5) is 5.69 Å². The Morgan fingerprint density at radius 3 is 2.03 bits per heavy atom. The van der Waals surface area contributed by atoms with E-state index in [0.717, 1.165) is 33.0 Å². The summed E-state index contributed by atoms with van der Waals surface area (Å²) in [5, 5.41) is 12.8. The number of rotatable bonds is 2. The van der Waals surface area contributed by atoms with Crippen LogP contribution in [0, 0.1) is 11.8 Å². The van der Waals surface area contributed by atoms with Crippen LogP contribution < -0.4 is 4.90 Å². The maximum atomic E-state index is 14.2. The lowest BCUT2D eigenvalue weighted by atomic mass is 9.47. The van der Waals surface area contributed by atoms with Crippen molar-refractivity contribution in [1.82, 2.24) is 0 Å². The molecule has 2 bridgehead atoms. The van der Waals surface area contributed by atoms with Crippen LogP contribution >= 0.6 is 0 Å². The Morgan fingerprint density at radius 1 is 0.727 bits per heavy atom. The number of amides is 2. The molecule has 33 heavy (non-hydrogen) atoms. The van der Waals surface area contributed by atoms with Gasteiger partial charge in [0.1, 0.15) is 0 Å². The minimum Gasteiger partial charge on any atom is -0.395 e. The fraction of sp³-hybridized carbons (Fsp3) is 0.172. The lowest BCUT2D eigenvalue weighted by Gasteiger charge is -2.53. The summed E-state index contributed by atoms with van der Waals surface area (Å²) in [5.74, 6) is -1.76. The van der Waals surface area contributed by atoms with Crippen LogP contribution in [-0.4, -0.2) is 23.5 Å². The summed E-state index contributed by atoms with van der Waals surface area (Å²) < 4.78 is 0. The van der Waals surface area contributed by atoms with Gasteiger partial charge in [0.2, 0.25) is 11.8 Å². The topological polar surface area (TPSA) is 57.6 Å². The Labute approximate surface area is 191 Å². The van der Waals surface area contributed by atoms with Crippen LogP contribution in [0.15, 0.2) is 91.0 Å². The highest BCUT2D eigenvalue weighted by Crippen LogP contribution is 2.64. The Hall–Kier alpha value is -3.76. The van der Waals surface area contributed by atoms with E-state index in [9.17, 15) is 14.7 Å². The van der Waals surface area contributed by atoms with Gasteiger partial charge in [-0.1, -0.05) is 84.9 Å². The molecule has 1 N–H and O–H groups in total. The van der Waals surface area contributed by atoms with E-state index in [4.69, 9.17) is 0 Å². The van der Waals surface area contributed by atoms with Crippen molar-refractivity contribution in [2.75, 3.05) is 11.5 Å². The monoisotopic (exact) mass is 431 g/mol. The van der Waals surface area contributed by atoms with Gasteiger partial charge >= 0.3 is 0 Å². The third kappa shape index (κ3) is 2.10. The average Bonchev–Trinajstić information content (AvgIpc) is 3.14. The molecule has 4 aliphatic rings. The molecule has 4 aromatic rings. The molecule has 4 nitrogen and oxygen atoms in total. The van der Waals surface area contributed by atoms with E-state index in [1.165, 1.54) is 4.90 Å². The van der Waals surface area contributed by atoms with Gasteiger partial charge in [0, 0.05) is 11.3 Å². The minimum atomic E-state index is -0.932. The number of carbonyl (C=O) groups excluding carboxylic acids is 2. The second kappa shape index (κ2) is 6.40. The first-order chi connectivity index (χ1) is 16.2. The smallest absolute Gasteiger partial charge is 0.239 e. The molecular weight excluding hydrogens is 410 g/mol. The molecule has 1 saturated heterocycles. The first-order valence-corrected chi connectivity index (χ1v) is 11.3. The first kappa shape index (κ1) is 18.8. The van der Waals surface area contributed by atoms with Gasteiger partial charge in [-0.25, -0.2) is 4.90 Å². The predicted molar refractivity (Wildman–Crippen MR) is 126 cm³/mol. The van der Waals surface area contributed by atoms with Gasteiger partial charge in [-0.15, -0.1) is 0 Å². The Kier molecular flexibility index (Phi) is 3.64. The van der Waals surface area contributed by atoms with Crippen molar-refractivity contribution in [3.63, 3.8) is 0 Å². The van der Waals surface area contributed by atoms with Crippen molar-refractivity contribution in [2.24, 2.45) is 11.8 Å². The molecule has 0 aromatic heterocycles. The molecule has 3 aliphatic carbocycles. The van der Waals surface area contributed by atoms with Crippen LogP contribution in [0.5, 0.6) is 0 Å². The van der Waals surface area contributed by atoms with Crippen LogP contribution in [0.2, 0.25) is 0 Å². The molecule has 0 unspecified atom stereocenters. The minimum absolute atomic E-state index is 0.173. The SMILES string of the molecule is O=C1[C@@H]2C3c4ccccc4C(CO)(c4ccccc43)[C@H]2C(=O)N1c1cccc2ccccc12. The lowest BCUT2D eigenvalue weighted by molar-refractivity contribution is -0.124. The summed E-state index contributed by atoms with van der Waals surface area (Å²) in [6.07, 6.45) is 0. The van der Waals surface area contributed by atoms with Gasteiger partial charge < -0.3 is 5.11 Å². The zero-order chi connectivity index (χ0) is 22.3. The normalized spacial score (nSPS) is 26.9. The molecule has 0 spiro atoms. The molecule has 4 aromatic carbocycles. The van der Waals surface area contributed by atoms with E-state index in [1.54, 1.807) is 0 Å². The second-order valence-corrected chi connectivity index (χ2v) is 9.30. The quantitative estimate of drug-likeness (QED) is 0.479. The third-order valence-corrected chi connectivity index (χ3v) is 8.05. The van der Waals surface area contributed by atoms with Crippen LogP contribution in [0.1, 0.15) is 28.2 Å². The fourth-order valence-corrected chi connectivity index (χ4v) is 6.84. The fourth-order valence-electron chi connectivity index (χ4n) is 6.84. The maximum absolute atomic E-state index is 14.2. The van der Waals surface area contributed by atoms with E-state index in [0.29, 0.717) is 5.69 Å². The van der Waals surface area contributed by atoms with E-state index in [1.807, 2.05) is 78.9 Å². The van der Waals surface area contributed by atoms with E-state index < -0.39 is 17.3 Å². The molecule has 4 heteroatoms. The number of aliphatic hydroxyl groups excluding tert-OH is 1. The van der Waals surface area contributed by atoms with Gasteiger partial charge in [0.25, 0.3) is 0 Å². The predicted octanol–water partition coefficient (Wildman–Crippen LogP) is 4.38. The molecule has 8 rings (SSSR count). The molecule has 0 radical (unpaired) electrons. The highest BCUT2D eigenvalue weighted by Gasteiger charge is 2.68. The summed E-state index contributed by atoms with van der Waals surface area (Å²) in [6, 6.07) is 29.5. The first-order valence-electron chi connectivity index (χ1n) is 11.3. The summed E-state index contributed by atoms with van der Waals surface area (Å²) in [7, 11) is 0. The zero-order valence-electron chi connectivity index (χ0n) is 17.8. The highest BCUT2D eigenvalue weighted by atomic mass is 16.3. The van der Waals surface area contributed by atoms with Crippen LogP contribution in [-0.2, 0) is 15.0 Å². The van der Waals surface area contributed by atoms with E-state index in [2.05, 4.69) is 12.1 Å². The third-order valence-electron chi connectivity index (χ3n) is 8.05.